The summed E-state index contributed by atoms with van der Waals surface area (Å²) in [5, 5.41) is 7.23. The zero-order valence-corrected chi connectivity index (χ0v) is 12.3. The normalized spacial score (nSPS) is 20.6. The van der Waals surface area contributed by atoms with Gasteiger partial charge in [-0.25, -0.2) is 13.5 Å². The highest BCUT2D eigenvalue weighted by Gasteiger charge is 2.27. The van der Waals surface area contributed by atoms with Crippen LogP contribution < -0.4 is 4.72 Å². The summed E-state index contributed by atoms with van der Waals surface area (Å²) in [6, 6.07) is 6.46. The maximum atomic E-state index is 12.1. The minimum Gasteiger partial charge on any atom is -0.229 e. The van der Waals surface area contributed by atoms with Crippen molar-refractivity contribution < 1.29 is 8.42 Å². The highest BCUT2D eigenvalue weighted by atomic mass is 79.9. The SMILES string of the molecule is CN1N=CC(NS(=O)(=O)c2ccc(Br)cc2)N1C. The van der Waals surface area contributed by atoms with Crippen LogP contribution >= 0.6 is 15.9 Å². The molecule has 1 N–H and O–H groups in total. The second-order valence-electron chi connectivity index (χ2n) is 3.85. The Morgan fingerprint density at radius 2 is 1.89 bits per heavy atom. The van der Waals surface area contributed by atoms with Gasteiger partial charge in [-0.3, -0.25) is 0 Å². The molecule has 0 spiro atoms. The maximum absolute atomic E-state index is 12.1. The zero-order valence-electron chi connectivity index (χ0n) is 9.91. The van der Waals surface area contributed by atoms with Gasteiger partial charge in [-0.15, -0.1) is 0 Å². The van der Waals surface area contributed by atoms with Gasteiger partial charge in [0.15, 0.2) is 0 Å². The highest BCUT2D eigenvalue weighted by Crippen LogP contribution is 2.15. The predicted molar refractivity (Wildman–Crippen MR) is 72.3 cm³/mol. The number of nitrogens with zero attached hydrogens (tertiary/aromatic N) is 3. The van der Waals surface area contributed by atoms with Crippen molar-refractivity contribution in [2.45, 2.75) is 11.1 Å². The molecule has 1 unspecified atom stereocenters. The first-order valence-electron chi connectivity index (χ1n) is 5.18. The van der Waals surface area contributed by atoms with E-state index in [1.807, 2.05) is 0 Å². The Morgan fingerprint density at radius 3 is 2.39 bits per heavy atom. The summed E-state index contributed by atoms with van der Waals surface area (Å²) in [7, 11) is -0.0550. The quantitative estimate of drug-likeness (QED) is 0.890. The van der Waals surface area contributed by atoms with Crippen molar-refractivity contribution in [1.29, 1.82) is 0 Å². The van der Waals surface area contributed by atoms with Crippen molar-refractivity contribution in [3.8, 4) is 0 Å². The van der Waals surface area contributed by atoms with E-state index in [0.717, 1.165) is 4.47 Å². The molecule has 1 aliphatic heterocycles. The van der Waals surface area contributed by atoms with E-state index in [9.17, 15) is 8.42 Å². The van der Waals surface area contributed by atoms with Crippen molar-refractivity contribution in [2.75, 3.05) is 14.1 Å². The Balaban J connectivity index is 2.18. The van der Waals surface area contributed by atoms with Crippen molar-refractivity contribution in [3.05, 3.63) is 28.7 Å². The molecule has 0 bridgehead atoms. The van der Waals surface area contributed by atoms with E-state index in [0.29, 0.717) is 0 Å². The van der Waals surface area contributed by atoms with Gasteiger partial charge in [0.05, 0.1) is 11.1 Å². The molecule has 0 amide bonds. The number of sulfonamides is 1. The number of hydrogen-bond acceptors (Lipinski definition) is 5. The third-order valence-corrected chi connectivity index (χ3v) is 4.61. The molecule has 1 heterocycles. The van der Waals surface area contributed by atoms with Gasteiger partial charge in [-0.1, -0.05) is 15.9 Å². The van der Waals surface area contributed by atoms with Crippen molar-refractivity contribution >= 4 is 32.2 Å². The summed E-state index contributed by atoms with van der Waals surface area (Å²) in [5.74, 6) is 0. The number of hydrazone groups is 1. The van der Waals surface area contributed by atoms with Crippen LogP contribution in [0.2, 0.25) is 0 Å². The first kappa shape index (κ1) is 13.5. The predicted octanol–water partition coefficient (Wildman–Crippen LogP) is 0.831. The van der Waals surface area contributed by atoms with Crippen LogP contribution in [0.25, 0.3) is 0 Å². The van der Waals surface area contributed by atoms with Gasteiger partial charge >= 0.3 is 0 Å². The van der Waals surface area contributed by atoms with E-state index in [1.54, 1.807) is 48.5 Å². The molecule has 0 saturated carbocycles. The van der Waals surface area contributed by atoms with Crippen LogP contribution in [0.5, 0.6) is 0 Å². The van der Waals surface area contributed by atoms with Crippen molar-refractivity contribution in [3.63, 3.8) is 0 Å². The summed E-state index contributed by atoms with van der Waals surface area (Å²) in [4.78, 5) is 0.224. The number of rotatable bonds is 3. The van der Waals surface area contributed by atoms with Crippen LogP contribution in [0.1, 0.15) is 0 Å². The minimum atomic E-state index is -3.55. The zero-order chi connectivity index (χ0) is 13.3. The molecule has 1 aromatic rings. The second kappa shape index (κ2) is 4.96. The largest absolute Gasteiger partial charge is 0.242 e. The van der Waals surface area contributed by atoms with Crippen molar-refractivity contribution in [1.82, 2.24) is 14.8 Å². The smallest absolute Gasteiger partial charge is 0.229 e. The number of nitrogens with one attached hydrogen (secondary N) is 1. The van der Waals surface area contributed by atoms with Crippen molar-refractivity contribution in [2.24, 2.45) is 5.10 Å². The molecule has 0 saturated heterocycles. The highest BCUT2D eigenvalue weighted by molar-refractivity contribution is 9.10. The van der Waals surface area contributed by atoms with E-state index in [2.05, 4.69) is 25.8 Å². The fourth-order valence-electron chi connectivity index (χ4n) is 1.47. The molecule has 0 aliphatic carbocycles. The average molecular weight is 333 g/mol. The fourth-order valence-corrected chi connectivity index (χ4v) is 2.89. The maximum Gasteiger partial charge on any atom is 0.242 e. The summed E-state index contributed by atoms with van der Waals surface area (Å²) in [6.45, 7) is 0. The van der Waals surface area contributed by atoms with Crippen LogP contribution in [0, 0.1) is 0 Å². The molecular weight excluding hydrogens is 320 g/mol. The summed E-state index contributed by atoms with van der Waals surface area (Å²) in [6.07, 6.45) is 1.07. The third-order valence-electron chi connectivity index (χ3n) is 2.63. The summed E-state index contributed by atoms with van der Waals surface area (Å²) in [5.41, 5.74) is 0. The van der Waals surface area contributed by atoms with Crippen LogP contribution in [0.15, 0.2) is 38.7 Å². The molecule has 2 rings (SSSR count). The van der Waals surface area contributed by atoms with Gasteiger partial charge in [0.2, 0.25) is 10.0 Å². The lowest BCUT2D eigenvalue weighted by molar-refractivity contribution is 0.0321. The van der Waals surface area contributed by atoms with Gasteiger partial charge in [0.25, 0.3) is 0 Å². The molecule has 8 heteroatoms. The first-order chi connectivity index (χ1) is 8.40. The molecule has 98 valence electrons. The molecule has 0 aromatic heterocycles. The monoisotopic (exact) mass is 332 g/mol. The topological polar surface area (TPSA) is 65.0 Å². The molecule has 0 radical (unpaired) electrons. The summed E-state index contributed by atoms with van der Waals surface area (Å²) >= 11 is 3.27. The number of hydrazine groups is 1. The fraction of sp³-hybridized carbons (Fsp3) is 0.300. The Hall–Kier alpha value is -0.960. The van der Waals surface area contributed by atoms with Gasteiger partial charge in [0, 0.05) is 18.6 Å². The average Bonchev–Trinajstić information content (AvgIpc) is 2.61. The first-order valence-corrected chi connectivity index (χ1v) is 7.46. The van der Waals surface area contributed by atoms with Gasteiger partial charge < -0.3 is 0 Å². The molecule has 6 nitrogen and oxygen atoms in total. The van der Waals surface area contributed by atoms with Crippen LogP contribution in [-0.4, -0.2) is 45.0 Å². The molecule has 1 atom stereocenters. The van der Waals surface area contributed by atoms with E-state index < -0.39 is 16.2 Å². The van der Waals surface area contributed by atoms with E-state index in [4.69, 9.17) is 0 Å². The lowest BCUT2D eigenvalue weighted by Crippen LogP contribution is -2.47. The van der Waals surface area contributed by atoms with Crippen LogP contribution in [-0.2, 0) is 10.0 Å². The molecule has 1 aliphatic rings. The van der Waals surface area contributed by atoms with E-state index >= 15 is 0 Å². The van der Waals surface area contributed by atoms with Gasteiger partial charge in [-0.05, 0) is 24.3 Å². The number of hydrogen-bond donors (Lipinski definition) is 1. The lowest BCUT2D eigenvalue weighted by Gasteiger charge is -2.24. The Labute approximate surface area is 114 Å². The standard InChI is InChI=1S/C10H13BrN4O2S/c1-14-10(7-12-15(14)2)13-18(16,17)9-5-3-8(11)4-6-9/h3-7,10,13H,1-2H3. The van der Waals surface area contributed by atoms with Crippen LogP contribution in [0.3, 0.4) is 0 Å². The van der Waals surface area contributed by atoms with Crippen LogP contribution in [0.4, 0.5) is 0 Å². The summed E-state index contributed by atoms with van der Waals surface area (Å²) < 4.78 is 27.6. The Morgan fingerprint density at radius 1 is 1.28 bits per heavy atom. The number of halogens is 1. The van der Waals surface area contributed by atoms with Gasteiger partial charge in [0.1, 0.15) is 6.17 Å². The Kier molecular flexibility index (Phi) is 3.71. The molecular formula is C10H13BrN4O2S. The minimum absolute atomic E-state index is 0.224. The molecule has 1 aromatic carbocycles. The molecule has 0 fully saturated rings. The van der Waals surface area contributed by atoms with E-state index in [-0.39, 0.29) is 4.90 Å². The van der Waals surface area contributed by atoms with E-state index in [1.165, 1.54) is 6.21 Å². The second-order valence-corrected chi connectivity index (χ2v) is 6.48. The lowest BCUT2D eigenvalue weighted by atomic mass is 10.4. The Bertz CT molecular complexity index is 558. The number of benzene rings is 1. The third kappa shape index (κ3) is 2.72. The molecule has 18 heavy (non-hydrogen) atoms. The van der Waals surface area contributed by atoms with Gasteiger partial charge in [-0.2, -0.15) is 14.8 Å².